The zero-order valence-electron chi connectivity index (χ0n) is 16.8. The Balaban J connectivity index is 3.25. The van der Waals surface area contributed by atoms with Crippen LogP contribution in [0.25, 0.3) is 0 Å². The Morgan fingerprint density at radius 3 is 1.81 bits per heavy atom. The lowest BCUT2D eigenvalue weighted by molar-refractivity contribution is -0.147. The summed E-state index contributed by atoms with van der Waals surface area (Å²) < 4.78 is 4.85. The predicted molar refractivity (Wildman–Crippen MR) is 105 cm³/mol. The van der Waals surface area contributed by atoms with Gasteiger partial charge < -0.3 is 20.1 Å². The van der Waals surface area contributed by atoms with E-state index in [1.165, 1.54) is 44.9 Å². The second kappa shape index (κ2) is 19.1. The van der Waals surface area contributed by atoms with Gasteiger partial charge in [-0.25, -0.2) is 0 Å². The summed E-state index contributed by atoms with van der Waals surface area (Å²) in [5.74, 6) is -0.300. The molecule has 2 atom stereocenters. The first-order valence-electron chi connectivity index (χ1n) is 10.7. The Morgan fingerprint density at radius 2 is 1.27 bits per heavy atom. The Kier molecular flexibility index (Phi) is 18.6. The van der Waals surface area contributed by atoms with Crippen LogP contribution in [0.1, 0.15) is 103 Å². The first kappa shape index (κ1) is 25.4. The Bertz CT molecular complexity index is 309. The third-order valence-corrected chi connectivity index (χ3v) is 4.71. The van der Waals surface area contributed by atoms with Gasteiger partial charge >= 0.3 is 5.97 Å². The van der Waals surface area contributed by atoms with E-state index in [0.29, 0.717) is 6.42 Å². The van der Waals surface area contributed by atoms with Crippen molar-refractivity contribution in [2.75, 3.05) is 13.2 Å². The topological polar surface area (TPSA) is 87.0 Å². The highest BCUT2D eigenvalue weighted by Gasteiger charge is 2.07. The average Bonchev–Trinajstić information content (AvgIpc) is 2.64. The number of carbonyl (C=O) groups is 1. The molecule has 156 valence electrons. The molecule has 0 unspecified atom stereocenters. The minimum absolute atomic E-state index is 0.106. The highest BCUT2D eigenvalue weighted by atomic mass is 16.5. The smallest absolute Gasteiger partial charge is 0.305 e. The van der Waals surface area contributed by atoms with E-state index in [1.54, 1.807) is 0 Å². The van der Waals surface area contributed by atoms with E-state index in [4.69, 9.17) is 14.9 Å². The molecular weight excluding hydrogens is 332 g/mol. The highest BCUT2D eigenvalue weighted by molar-refractivity contribution is 5.69. The highest BCUT2D eigenvalue weighted by Crippen LogP contribution is 2.14. The van der Waals surface area contributed by atoms with Crippen LogP contribution in [0, 0.1) is 0 Å². The van der Waals surface area contributed by atoms with Gasteiger partial charge in [-0.1, -0.05) is 77.6 Å². The minimum atomic E-state index is -0.971. The van der Waals surface area contributed by atoms with Crippen LogP contribution >= 0.6 is 0 Å². The predicted octanol–water partition coefficient (Wildman–Crippen LogP) is 4.12. The van der Waals surface area contributed by atoms with Crippen molar-refractivity contribution in [3.8, 4) is 0 Å². The van der Waals surface area contributed by atoms with E-state index in [-0.39, 0.29) is 25.3 Å². The third-order valence-electron chi connectivity index (χ3n) is 4.71. The summed E-state index contributed by atoms with van der Waals surface area (Å²) in [5.41, 5.74) is 0. The van der Waals surface area contributed by atoms with Crippen molar-refractivity contribution < 1.29 is 24.9 Å². The molecule has 0 amide bonds. The Morgan fingerprint density at radius 1 is 0.769 bits per heavy atom. The number of rotatable bonds is 19. The van der Waals surface area contributed by atoms with Crippen LogP contribution in [-0.2, 0) is 9.53 Å². The lowest BCUT2D eigenvalue weighted by Gasteiger charge is -2.10. The van der Waals surface area contributed by atoms with Gasteiger partial charge in [0.05, 0.1) is 12.7 Å². The molecule has 0 aromatic carbocycles. The molecule has 0 aliphatic carbocycles. The molecule has 0 saturated carbocycles. The van der Waals surface area contributed by atoms with Gasteiger partial charge in [0, 0.05) is 6.42 Å². The molecule has 5 nitrogen and oxygen atoms in total. The fraction of sp³-hybridized carbons (Fsp3) is 0.952. The molecule has 26 heavy (non-hydrogen) atoms. The van der Waals surface area contributed by atoms with Crippen LogP contribution < -0.4 is 0 Å². The van der Waals surface area contributed by atoms with Crippen molar-refractivity contribution in [1.82, 2.24) is 0 Å². The summed E-state index contributed by atoms with van der Waals surface area (Å²) in [6, 6.07) is 0. The van der Waals surface area contributed by atoms with E-state index in [9.17, 15) is 9.90 Å². The number of hydrogen-bond donors (Lipinski definition) is 3. The SMILES string of the molecule is CCCCCC[C@@H](O)CCCCCCCCCCC(=O)OC[C@H](O)CO. The number of ether oxygens (including phenoxy) is 1. The van der Waals surface area contributed by atoms with Gasteiger partial charge in [0.25, 0.3) is 0 Å². The fourth-order valence-corrected chi connectivity index (χ4v) is 2.98. The standard InChI is InChI=1S/C21H42O5/c1-2-3-4-11-14-19(23)15-12-9-7-5-6-8-10-13-16-21(25)26-18-20(24)17-22/h19-20,22-24H,2-18H2,1H3/t19-,20-/m1/s1. The zero-order chi connectivity index (χ0) is 19.5. The molecule has 0 aromatic rings. The molecule has 0 aliphatic heterocycles. The Labute approximate surface area is 160 Å². The summed E-state index contributed by atoms with van der Waals surface area (Å²) in [7, 11) is 0. The first-order chi connectivity index (χ1) is 12.6. The van der Waals surface area contributed by atoms with Gasteiger partial charge in [0.15, 0.2) is 0 Å². The molecule has 0 bridgehead atoms. The number of hydrogen-bond acceptors (Lipinski definition) is 5. The zero-order valence-corrected chi connectivity index (χ0v) is 16.8. The molecular formula is C21H42O5. The van der Waals surface area contributed by atoms with Crippen molar-refractivity contribution >= 4 is 5.97 Å². The number of carbonyl (C=O) groups excluding carboxylic acids is 1. The second-order valence-corrected chi connectivity index (χ2v) is 7.39. The molecule has 0 aromatic heterocycles. The van der Waals surface area contributed by atoms with Gasteiger partial charge in [-0.15, -0.1) is 0 Å². The fourth-order valence-electron chi connectivity index (χ4n) is 2.98. The van der Waals surface area contributed by atoms with Gasteiger partial charge in [-0.05, 0) is 19.3 Å². The number of aliphatic hydroxyl groups excluding tert-OH is 3. The maximum absolute atomic E-state index is 11.4. The molecule has 5 heteroatoms. The average molecular weight is 375 g/mol. The molecule has 3 N–H and O–H groups in total. The van der Waals surface area contributed by atoms with Crippen molar-refractivity contribution in [2.45, 2.75) is 115 Å². The number of esters is 1. The van der Waals surface area contributed by atoms with E-state index < -0.39 is 6.10 Å². The molecule has 0 radical (unpaired) electrons. The summed E-state index contributed by atoms with van der Waals surface area (Å²) in [6.45, 7) is 1.70. The molecule has 0 rings (SSSR count). The molecule has 0 fully saturated rings. The van der Waals surface area contributed by atoms with Gasteiger partial charge in [0.2, 0.25) is 0 Å². The van der Waals surface area contributed by atoms with Crippen molar-refractivity contribution in [1.29, 1.82) is 0 Å². The lowest BCUT2D eigenvalue weighted by atomic mass is 10.0. The molecule has 0 heterocycles. The van der Waals surface area contributed by atoms with Crippen LogP contribution in [0.15, 0.2) is 0 Å². The van der Waals surface area contributed by atoms with E-state index in [1.807, 2.05) is 0 Å². The number of unbranched alkanes of at least 4 members (excludes halogenated alkanes) is 10. The van der Waals surface area contributed by atoms with Crippen LogP contribution in [0.3, 0.4) is 0 Å². The maximum Gasteiger partial charge on any atom is 0.305 e. The van der Waals surface area contributed by atoms with Crippen molar-refractivity contribution in [2.24, 2.45) is 0 Å². The van der Waals surface area contributed by atoms with Crippen LogP contribution in [0.4, 0.5) is 0 Å². The maximum atomic E-state index is 11.4. The normalized spacial score (nSPS) is 13.5. The van der Waals surface area contributed by atoms with E-state index in [0.717, 1.165) is 44.9 Å². The minimum Gasteiger partial charge on any atom is -0.463 e. The summed E-state index contributed by atoms with van der Waals surface area (Å²) in [4.78, 5) is 11.4. The first-order valence-corrected chi connectivity index (χ1v) is 10.7. The van der Waals surface area contributed by atoms with Crippen LogP contribution in [0.5, 0.6) is 0 Å². The summed E-state index contributed by atoms with van der Waals surface area (Å²) >= 11 is 0. The molecule has 0 saturated heterocycles. The summed E-state index contributed by atoms with van der Waals surface area (Å²) in [6.07, 6.45) is 15.1. The second-order valence-electron chi connectivity index (χ2n) is 7.39. The van der Waals surface area contributed by atoms with Gasteiger partial charge in [-0.2, -0.15) is 0 Å². The monoisotopic (exact) mass is 374 g/mol. The van der Waals surface area contributed by atoms with Crippen LogP contribution in [-0.4, -0.2) is 46.7 Å². The molecule has 0 aliphatic rings. The number of aliphatic hydroxyl groups is 3. The van der Waals surface area contributed by atoms with Crippen molar-refractivity contribution in [3.05, 3.63) is 0 Å². The third kappa shape index (κ3) is 18.2. The summed E-state index contributed by atoms with van der Waals surface area (Å²) in [5, 5.41) is 27.6. The van der Waals surface area contributed by atoms with Crippen LogP contribution in [0.2, 0.25) is 0 Å². The quantitative estimate of drug-likeness (QED) is 0.234. The molecule has 0 spiro atoms. The van der Waals surface area contributed by atoms with E-state index in [2.05, 4.69) is 6.92 Å². The lowest BCUT2D eigenvalue weighted by Crippen LogP contribution is -2.21. The largest absolute Gasteiger partial charge is 0.463 e. The van der Waals surface area contributed by atoms with Crippen molar-refractivity contribution in [3.63, 3.8) is 0 Å². The van der Waals surface area contributed by atoms with E-state index >= 15 is 0 Å². The Hall–Kier alpha value is -0.650. The van der Waals surface area contributed by atoms with Gasteiger partial charge in [0.1, 0.15) is 12.7 Å². The van der Waals surface area contributed by atoms with Gasteiger partial charge in [-0.3, -0.25) is 4.79 Å².